The van der Waals surface area contributed by atoms with Crippen molar-refractivity contribution in [2.24, 2.45) is 0 Å². The third kappa shape index (κ3) is 2.25. The number of amides is 1. The molecule has 0 aromatic heterocycles. The molecule has 0 bridgehead atoms. The number of nitrogens with one attached hydrogen (secondary N) is 1. The first-order valence-electron chi connectivity index (χ1n) is 6.14. The average Bonchev–Trinajstić information content (AvgIpc) is 2.33. The van der Waals surface area contributed by atoms with Crippen molar-refractivity contribution in [3.8, 4) is 0 Å². The summed E-state index contributed by atoms with van der Waals surface area (Å²) in [6.45, 7) is 5.46. The molecule has 3 N–H and O–H groups in total. The van der Waals surface area contributed by atoms with Crippen LogP contribution in [0.25, 0.3) is 0 Å². The third-order valence-corrected chi connectivity index (χ3v) is 3.67. The average molecular weight is 268 g/mol. The molecule has 1 unspecified atom stereocenters. The number of anilines is 2. The number of nitrogen functional groups attached to an aromatic ring is 1. The number of nitrogens with zero attached hydrogens (tertiary/aromatic N) is 1. The minimum Gasteiger partial charge on any atom is -0.398 e. The van der Waals surface area contributed by atoms with E-state index in [1.54, 1.807) is 0 Å². The van der Waals surface area contributed by atoms with E-state index >= 15 is 0 Å². The van der Waals surface area contributed by atoms with Crippen molar-refractivity contribution in [3.05, 3.63) is 22.7 Å². The predicted octanol–water partition coefficient (Wildman–Crippen LogP) is 1.95. The maximum atomic E-state index is 11.9. The van der Waals surface area contributed by atoms with Gasteiger partial charge in [0.05, 0.1) is 10.7 Å². The summed E-state index contributed by atoms with van der Waals surface area (Å²) in [7, 11) is 0. The summed E-state index contributed by atoms with van der Waals surface area (Å²) in [5, 5.41) is 3.43. The molecule has 1 aromatic rings. The first-order valence-corrected chi connectivity index (χ1v) is 6.52. The summed E-state index contributed by atoms with van der Waals surface area (Å²) in [4.78, 5) is 14.0. The zero-order valence-electron chi connectivity index (χ0n) is 10.7. The largest absolute Gasteiger partial charge is 0.398 e. The Balaban J connectivity index is 2.40. The van der Waals surface area contributed by atoms with Crippen molar-refractivity contribution in [1.29, 1.82) is 0 Å². The molecule has 0 radical (unpaired) electrons. The third-order valence-electron chi connectivity index (χ3n) is 3.34. The minimum atomic E-state index is -0.128. The van der Waals surface area contributed by atoms with Gasteiger partial charge in [0, 0.05) is 18.8 Å². The lowest BCUT2D eigenvalue weighted by molar-refractivity contribution is -0.123. The highest BCUT2D eigenvalue weighted by atomic mass is 35.5. The van der Waals surface area contributed by atoms with Crippen LogP contribution in [0.5, 0.6) is 0 Å². The Hall–Kier alpha value is -1.42. The van der Waals surface area contributed by atoms with Crippen LogP contribution in [0.1, 0.15) is 18.9 Å². The number of piperazine rings is 1. The van der Waals surface area contributed by atoms with Gasteiger partial charge < -0.3 is 16.0 Å². The second-order valence-electron chi connectivity index (χ2n) is 4.57. The lowest BCUT2D eigenvalue weighted by Crippen LogP contribution is -2.55. The van der Waals surface area contributed by atoms with Gasteiger partial charge in [-0.05, 0) is 31.0 Å². The summed E-state index contributed by atoms with van der Waals surface area (Å²) in [5.41, 5.74) is 8.40. The Morgan fingerprint density at radius 2 is 2.28 bits per heavy atom. The molecule has 1 saturated heterocycles. The molecular formula is C13H18ClN3O. The van der Waals surface area contributed by atoms with E-state index in [0.29, 0.717) is 17.3 Å². The summed E-state index contributed by atoms with van der Waals surface area (Å²) in [5.74, 6) is 0.0797. The number of benzene rings is 1. The van der Waals surface area contributed by atoms with Gasteiger partial charge >= 0.3 is 0 Å². The number of nitrogens with two attached hydrogens (primary N) is 1. The van der Waals surface area contributed by atoms with Crippen molar-refractivity contribution in [1.82, 2.24) is 5.32 Å². The molecule has 1 aromatic carbocycles. The lowest BCUT2D eigenvalue weighted by Gasteiger charge is -2.37. The second-order valence-corrected chi connectivity index (χ2v) is 4.98. The summed E-state index contributed by atoms with van der Waals surface area (Å²) >= 11 is 6.08. The molecule has 1 heterocycles. The standard InChI is InChI=1S/C13H18ClN3O/c1-3-11-13(18)16-4-5-17(11)12-7-9(14)10(15)6-8(12)2/h6-7,11H,3-5,15H2,1-2H3,(H,16,18). The maximum absolute atomic E-state index is 11.9. The molecule has 18 heavy (non-hydrogen) atoms. The minimum absolute atomic E-state index is 0.0797. The molecule has 5 heteroatoms. The van der Waals surface area contributed by atoms with Crippen LogP contribution in [0.4, 0.5) is 11.4 Å². The van der Waals surface area contributed by atoms with Crippen molar-refractivity contribution < 1.29 is 4.79 Å². The van der Waals surface area contributed by atoms with Gasteiger partial charge in [-0.1, -0.05) is 18.5 Å². The second kappa shape index (κ2) is 5.06. The van der Waals surface area contributed by atoms with E-state index in [4.69, 9.17) is 17.3 Å². The fourth-order valence-electron chi connectivity index (χ4n) is 2.41. The van der Waals surface area contributed by atoms with Crippen LogP contribution in [-0.2, 0) is 4.79 Å². The first-order chi connectivity index (χ1) is 8.54. The van der Waals surface area contributed by atoms with Crippen LogP contribution in [0.3, 0.4) is 0 Å². The number of carbonyl (C=O) groups is 1. The molecule has 1 fully saturated rings. The van der Waals surface area contributed by atoms with Gasteiger partial charge in [0.1, 0.15) is 6.04 Å². The fourth-order valence-corrected chi connectivity index (χ4v) is 2.57. The molecule has 0 spiro atoms. The number of hydrogen-bond donors (Lipinski definition) is 2. The highest BCUT2D eigenvalue weighted by molar-refractivity contribution is 6.33. The van der Waals surface area contributed by atoms with Crippen molar-refractivity contribution in [2.45, 2.75) is 26.3 Å². The van der Waals surface area contributed by atoms with E-state index < -0.39 is 0 Å². The molecule has 0 aliphatic carbocycles. The van der Waals surface area contributed by atoms with E-state index in [9.17, 15) is 4.79 Å². The maximum Gasteiger partial charge on any atom is 0.242 e. The van der Waals surface area contributed by atoms with Gasteiger partial charge in [-0.15, -0.1) is 0 Å². The summed E-state index contributed by atoms with van der Waals surface area (Å²) in [6.07, 6.45) is 0.771. The Labute approximate surface area is 112 Å². The highest BCUT2D eigenvalue weighted by Gasteiger charge is 2.29. The highest BCUT2D eigenvalue weighted by Crippen LogP contribution is 2.31. The van der Waals surface area contributed by atoms with E-state index in [2.05, 4.69) is 10.2 Å². The molecule has 1 aliphatic rings. The molecule has 1 atom stereocenters. The van der Waals surface area contributed by atoms with Crippen molar-refractivity contribution in [3.63, 3.8) is 0 Å². The van der Waals surface area contributed by atoms with E-state index in [1.807, 2.05) is 26.0 Å². The van der Waals surface area contributed by atoms with Gasteiger partial charge in [-0.3, -0.25) is 4.79 Å². The number of carbonyl (C=O) groups excluding carboxylic acids is 1. The molecule has 1 aliphatic heterocycles. The molecule has 4 nitrogen and oxygen atoms in total. The van der Waals surface area contributed by atoms with Gasteiger partial charge in [0.15, 0.2) is 0 Å². The first kappa shape index (κ1) is 13.0. The fraction of sp³-hybridized carbons (Fsp3) is 0.462. The molecule has 2 rings (SSSR count). The number of halogens is 1. The monoisotopic (exact) mass is 267 g/mol. The van der Waals surface area contributed by atoms with Crippen LogP contribution in [0, 0.1) is 6.92 Å². The Morgan fingerprint density at radius 1 is 1.56 bits per heavy atom. The van der Waals surface area contributed by atoms with Gasteiger partial charge in [-0.25, -0.2) is 0 Å². The Morgan fingerprint density at radius 3 is 2.94 bits per heavy atom. The molecule has 0 saturated carbocycles. The van der Waals surface area contributed by atoms with Crippen LogP contribution >= 0.6 is 11.6 Å². The molecular weight excluding hydrogens is 250 g/mol. The molecule has 98 valence electrons. The summed E-state index contributed by atoms with van der Waals surface area (Å²) < 4.78 is 0. The number of rotatable bonds is 2. The summed E-state index contributed by atoms with van der Waals surface area (Å²) in [6, 6.07) is 3.59. The van der Waals surface area contributed by atoms with Crippen molar-refractivity contribution in [2.75, 3.05) is 23.7 Å². The van der Waals surface area contributed by atoms with Crippen LogP contribution in [0.2, 0.25) is 5.02 Å². The zero-order valence-corrected chi connectivity index (χ0v) is 11.4. The van der Waals surface area contributed by atoms with Gasteiger partial charge in [0.25, 0.3) is 0 Å². The number of hydrogen-bond acceptors (Lipinski definition) is 3. The van der Waals surface area contributed by atoms with Crippen LogP contribution < -0.4 is 16.0 Å². The SMILES string of the molecule is CCC1C(=O)NCCN1c1cc(Cl)c(N)cc1C. The molecule has 1 amide bonds. The van der Waals surface area contributed by atoms with Crippen LogP contribution in [-0.4, -0.2) is 25.0 Å². The van der Waals surface area contributed by atoms with Crippen LogP contribution in [0.15, 0.2) is 12.1 Å². The smallest absolute Gasteiger partial charge is 0.242 e. The van der Waals surface area contributed by atoms with Crippen molar-refractivity contribution >= 4 is 28.9 Å². The topological polar surface area (TPSA) is 58.4 Å². The lowest BCUT2D eigenvalue weighted by atomic mass is 10.1. The Bertz CT molecular complexity index is 476. The number of aryl methyl sites for hydroxylation is 1. The van der Waals surface area contributed by atoms with E-state index in [1.165, 1.54) is 0 Å². The van der Waals surface area contributed by atoms with Gasteiger partial charge in [0.2, 0.25) is 5.91 Å². The normalized spacial score (nSPS) is 19.8. The van der Waals surface area contributed by atoms with Gasteiger partial charge in [-0.2, -0.15) is 0 Å². The predicted molar refractivity (Wildman–Crippen MR) is 75.0 cm³/mol. The quantitative estimate of drug-likeness (QED) is 0.805. The van der Waals surface area contributed by atoms with E-state index in [-0.39, 0.29) is 11.9 Å². The van der Waals surface area contributed by atoms with E-state index in [0.717, 1.165) is 24.2 Å². The Kier molecular flexibility index (Phi) is 3.66. The zero-order chi connectivity index (χ0) is 13.3.